The first-order chi connectivity index (χ1) is 13.0. The highest BCUT2D eigenvalue weighted by atomic mass is 16.6. The maximum Gasteiger partial charge on any atom is 0.272 e. The summed E-state index contributed by atoms with van der Waals surface area (Å²) in [6.45, 7) is 5.13. The number of hydrogen-bond acceptors (Lipinski definition) is 5. The molecule has 2 aromatic rings. The summed E-state index contributed by atoms with van der Waals surface area (Å²) < 4.78 is 0. The van der Waals surface area contributed by atoms with E-state index in [0.717, 1.165) is 38.2 Å². The number of nitro groups is 1. The maximum absolute atomic E-state index is 12.3. The molecule has 142 valence electrons. The number of amides is 1. The molecule has 1 amide bonds. The number of nitro benzene ring substituents is 1. The van der Waals surface area contributed by atoms with Gasteiger partial charge in [-0.1, -0.05) is 6.07 Å². The molecule has 27 heavy (non-hydrogen) atoms. The van der Waals surface area contributed by atoms with Crippen LogP contribution in [0.2, 0.25) is 0 Å². The maximum atomic E-state index is 12.3. The molecule has 2 heterocycles. The number of piperidine rings is 1. The molecule has 0 atom stereocenters. The normalized spacial score (nSPS) is 15.4. The van der Waals surface area contributed by atoms with Crippen LogP contribution in [0, 0.1) is 23.0 Å². The first-order valence-corrected chi connectivity index (χ1v) is 9.18. The van der Waals surface area contributed by atoms with Crippen LogP contribution < -0.4 is 5.32 Å². The summed E-state index contributed by atoms with van der Waals surface area (Å²) in [5.74, 6) is 0.275. The lowest BCUT2D eigenvalue weighted by Crippen LogP contribution is -2.38. The van der Waals surface area contributed by atoms with Crippen LogP contribution in [0.25, 0.3) is 0 Å². The number of aromatic nitrogens is 1. The summed E-state index contributed by atoms with van der Waals surface area (Å²) in [4.78, 5) is 29.5. The van der Waals surface area contributed by atoms with Gasteiger partial charge in [0.1, 0.15) is 0 Å². The Bertz CT molecular complexity index is 802. The van der Waals surface area contributed by atoms with Crippen LogP contribution in [0.1, 0.15) is 34.5 Å². The van der Waals surface area contributed by atoms with Gasteiger partial charge in [0.2, 0.25) is 0 Å². The van der Waals surface area contributed by atoms with E-state index in [4.69, 9.17) is 0 Å². The number of nitrogens with one attached hydrogen (secondary N) is 1. The summed E-state index contributed by atoms with van der Waals surface area (Å²) in [5.41, 5.74) is 2.07. The van der Waals surface area contributed by atoms with Crippen molar-refractivity contribution in [2.45, 2.75) is 26.3 Å². The molecule has 1 aromatic heterocycles. The van der Waals surface area contributed by atoms with E-state index in [1.807, 2.05) is 24.4 Å². The zero-order valence-corrected chi connectivity index (χ0v) is 15.4. The lowest BCUT2D eigenvalue weighted by Gasteiger charge is -2.31. The molecule has 0 bridgehead atoms. The predicted octanol–water partition coefficient (Wildman–Crippen LogP) is 2.94. The molecule has 0 aliphatic carbocycles. The highest BCUT2D eigenvalue weighted by molar-refractivity contribution is 5.94. The summed E-state index contributed by atoms with van der Waals surface area (Å²) in [6, 6.07) is 10.4. The molecule has 1 N–H and O–H groups in total. The molecule has 1 aromatic carbocycles. The van der Waals surface area contributed by atoms with Crippen LogP contribution >= 0.6 is 0 Å². The predicted molar refractivity (Wildman–Crippen MR) is 102 cm³/mol. The second kappa shape index (κ2) is 8.73. The molecule has 0 saturated carbocycles. The van der Waals surface area contributed by atoms with Gasteiger partial charge in [-0.2, -0.15) is 0 Å². The molecule has 1 aliphatic rings. The average molecular weight is 368 g/mol. The fraction of sp³-hybridized carbons (Fsp3) is 0.400. The van der Waals surface area contributed by atoms with Gasteiger partial charge in [0.05, 0.1) is 10.6 Å². The average Bonchev–Trinajstić information content (AvgIpc) is 2.67. The summed E-state index contributed by atoms with van der Waals surface area (Å²) in [7, 11) is 0. The van der Waals surface area contributed by atoms with Gasteiger partial charge in [-0.15, -0.1) is 0 Å². The fourth-order valence-electron chi connectivity index (χ4n) is 3.41. The number of pyridine rings is 1. The minimum absolute atomic E-state index is 0.0341. The van der Waals surface area contributed by atoms with Gasteiger partial charge in [-0.3, -0.25) is 24.8 Å². The van der Waals surface area contributed by atoms with E-state index >= 15 is 0 Å². The molecule has 3 rings (SSSR count). The zero-order chi connectivity index (χ0) is 19.2. The Hall–Kier alpha value is -2.80. The van der Waals surface area contributed by atoms with Gasteiger partial charge in [0.15, 0.2) is 0 Å². The number of carbonyl (C=O) groups excluding carboxylic acids is 1. The molecule has 7 heteroatoms. The third-order valence-electron chi connectivity index (χ3n) is 5.03. The number of aryl methyl sites for hydroxylation is 1. The number of nitrogens with zero attached hydrogens (tertiary/aromatic N) is 3. The Balaban J connectivity index is 1.45. The van der Waals surface area contributed by atoms with Gasteiger partial charge < -0.3 is 5.32 Å². The Morgan fingerprint density at radius 2 is 2.07 bits per heavy atom. The third kappa shape index (κ3) is 5.10. The Labute approximate surface area is 158 Å². The standard InChI is InChI=1S/C20H24N4O3/c1-15-12-17(5-6-19(15)24(26)27)20(25)22-13-16-7-10-23(11-8-16)14-18-4-2-3-9-21-18/h2-6,9,12,16H,7-8,10-11,13-14H2,1H3,(H,22,25). The van der Waals surface area contributed by atoms with E-state index in [2.05, 4.69) is 15.2 Å². The number of likely N-dealkylation sites (tertiary alicyclic amines) is 1. The molecule has 1 aliphatic heterocycles. The zero-order valence-electron chi connectivity index (χ0n) is 15.4. The van der Waals surface area contributed by atoms with Gasteiger partial charge >= 0.3 is 0 Å². The van der Waals surface area contributed by atoms with Crippen LogP contribution in [0.3, 0.4) is 0 Å². The molecule has 0 spiro atoms. The van der Waals surface area contributed by atoms with E-state index in [1.165, 1.54) is 12.1 Å². The second-order valence-corrected chi connectivity index (χ2v) is 7.01. The Kier molecular flexibility index (Phi) is 6.13. The molecular formula is C20H24N4O3. The first-order valence-electron chi connectivity index (χ1n) is 9.18. The largest absolute Gasteiger partial charge is 0.352 e. The lowest BCUT2D eigenvalue weighted by molar-refractivity contribution is -0.385. The van der Waals surface area contributed by atoms with Gasteiger partial charge in [0.25, 0.3) is 11.6 Å². The number of rotatable bonds is 6. The van der Waals surface area contributed by atoms with Crippen molar-refractivity contribution in [1.82, 2.24) is 15.2 Å². The van der Waals surface area contributed by atoms with E-state index in [-0.39, 0.29) is 11.6 Å². The summed E-state index contributed by atoms with van der Waals surface area (Å²) in [5, 5.41) is 13.8. The van der Waals surface area contributed by atoms with Crippen LogP contribution in [0.15, 0.2) is 42.6 Å². The monoisotopic (exact) mass is 368 g/mol. The highest BCUT2D eigenvalue weighted by Gasteiger charge is 2.21. The van der Waals surface area contributed by atoms with E-state index in [1.54, 1.807) is 13.0 Å². The van der Waals surface area contributed by atoms with Crippen molar-refractivity contribution in [3.05, 3.63) is 69.5 Å². The lowest BCUT2D eigenvalue weighted by atomic mass is 9.96. The van der Waals surface area contributed by atoms with E-state index < -0.39 is 4.92 Å². The molecule has 0 radical (unpaired) electrons. The third-order valence-corrected chi connectivity index (χ3v) is 5.03. The first kappa shape index (κ1) is 19.0. The highest BCUT2D eigenvalue weighted by Crippen LogP contribution is 2.20. The topological polar surface area (TPSA) is 88.4 Å². The van der Waals surface area contributed by atoms with Gasteiger partial charge in [-0.25, -0.2) is 0 Å². The van der Waals surface area contributed by atoms with E-state index in [9.17, 15) is 14.9 Å². The minimum atomic E-state index is -0.435. The second-order valence-electron chi connectivity index (χ2n) is 7.01. The van der Waals surface area contributed by atoms with Crippen molar-refractivity contribution in [3.63, 3.8) is 0 Å². The fourth-order valence-corrected chi connectivity index (χ4v) is 3.41. The van der Waals surface area contributed by atoms with Gasteiger partial charge in [0, 0.05) is 36.5 Å². The Morgan fingerprint density at radius 1 is 1.30 bits per heavy atom. The summed E-state index contributed by atoms with van der Waals surface area (Å²) >= 11 is 0. The number of hydrogen-bond donors (Lipinski definition) is 1. The van der Waals surface area contributed by atoms with Crippen molar-refractivity contribution >= 4 is 11.6 Å². The van der Waals surface area contributed by atoms with Crippen molar-refractivity contribution in [2.75, 3.05) is 19.6 Å². The smallest absolute Gasteiger partial charge is 0.272 e. The Morgan fingerprint density at radius 3 is 2.70 bits per heavy atom. The van der Waals surface area contributed by atoms with Crippen molar-refractivity contribution < 1.29 is 9.72 Å². The van der Waals surface area contributed by atoms with Crippen molar-refractivity contribution in [2.24, 2.45) is 5.92 Å². The van der Waals surface area contributed by atoms with Crippen LogP contribution in [-0.4, -0.2) is 40.3 Å². The molecule has 0 unspecified atom stereocenters. The van der Waals surface area contributed by atoms with Crippen molar-refractivity contribution in [3.8, 4) is 0 Å². The van der Waals surface area contributed by atoms with Crippen molar-refractivity contribution in [1.29, 1.82) is 0 Å². The molecule has 1 fully saturated rings. The van der Waals surface area contributed by atoms with Crippen LogP contribution in [0.5, 0.6) is 0 Å². The number of carbonyl (C=O) groups is 1. The summed E-state index contributed by atoms with van der Waals surface area (Å²) in [6.07, 6.45) is 3.89. The minimum Gasteiger partial charge on any atom is -0.352 e. The molecular weight excluding hydrogens is 344 g/mol. The SMILES string of the molecule is Cc1cc(C(=O)NCC2CCN(Cc3ccccn3)CC2)ccc1[N+](=O)[O-]. The number of benzene rings is 1. The van der Waals surface area contributed by atoms with E-state index in [0.29, 0.717) is 23.6 Å². The van der Waals surface area contributed by atoms with Crippen LogP contribution in [0.4, 0.5) is 5.69 Å². The van der Waals surface area contributed by atoms with Crippen LogP contribution in [-0.2, 0) is 6.54 Å². The molecule has 7 nitrogen and oxygen atoms in total. The quantitative estimate of drug-likeness (QED) is 0.625. The van der Waals surface area contributed by atoms with Gasteiger partial charge in [-0.05, 0) is 63.0 Å². The molecule has 1 saturated heterocycles.